The normalized spacial score (nSPS) is 13.6. The average Bonchev–Trinajstić information content (AvgIpc) is 2.70. The van der Waals surface area contributed by atoms with E-state index in [2.05, 4.69) is 46.8 Å². The van der Waals surface area contributed by atoms with E-state index in [0.717, 1.165) is 11.3 Å². The zero-order valence-electron chi connectivity index (χ0n) is 11.3. The largest absolute Gasteiger partial charge is 0.459 e. The topological polar surface area (TPSA) is 39.2 Å². The number of nitrogens with two attached hydrogens (primary N) is 1. The minimum absolute atomic E-state index is 0.0264. The Hall–Kier alpha value is -1.28. The summed E-state index contributed by atoms with van der Waals surface area (Å²) in [5.41, 5.74) is 10.9. The van der Waals surface area contributed by atoms with Crippen molar-refractivity contribution in [2.75, 3.05) is 0 Å². The maximum atomic E-state index is 6.15. The molecule has 0 saturated heterocycles. The van der Waals surface area contributed by atoms with E-state index in [1.165, 1.54) is 22.1 Å². The van der Waals surface area contributed by atoms with E-state index >= 15 is 0 Å². The minimum atomic E-state index is -0.0264. The van der Waals surface area contributed by atoms with Gasteiger partial charge in [0.15, 0.2) is 0 Å². The van der Waals surface area contributed by atoms with Gasteiger partial charge in [-0.3, -0.25) is 0 Å². The molecule has 1 aromatic carbocycles. The van der Waals surface area contributed by atoms with Crippen molar-refractivity contribution in [1.29, 1.82) is 0 Å². The third-order valence-corrected chi connectivity index (χ3v) is 3.59. The number of hydrogen-bond acceptors (Lipinski definition) is 2. The van der Waals surface area contributed by atoms with Crippen LogP contribution in [-0.2, 0) is 0 Å². The fourth-order valence-corrected chi connectivity index (χ4v) is 2.16. The zero-order chi connectivity index (χ0) is 12.7. The minimum Gasteiger partial charge on any atom is -0.459 e. The van der Waals surface area contributed by atoms with Crippen molar-refractivity contribution < 1.29 is 4.42 Å². The molecule has 1 unspecified atom stereocenters. The Balaban J connectivity index is 2.65. The summed E-state index contributed by atoms with van der Waals surface area (Å²) in [6, 6.07) is 4.28. The molecule has 0 aliphatic carbocycles. The van der Waals surface area contributed by atoms with Crippen LogP contribution >= 0.6 is 0 Å². The number of fused-ring (bicyclic) bond motifs is 1. The molecular formula is C15H21NO. The molecule has 0 aliphatic rings. The van der Waals surface area contributed by atoms with Gasteiger partial charge in [-0.1, -0.05) is 19.9 Å². The van der Waals surface area contributed by atoms with Gasteiger partial charge in [-0.2, -0.15) is 0 Å². The number of hydrogen-bond donors (Lipinski definition) is 1. The van der Waals surface area contributed by atoms with Gasteiger partial charge in [0.05, 0.1) is 6.04 Å². The molecule has 0 amide bonds. The van der Waals surface area contributed by atoms with Crippen LogP contribution in [0.15, 0.2) is 16.5 Å². The molecule has 0 fully saturated rings. The third kappa shape index (κ3) is 1.98. The molecule has 0 bridgehead atoms. The molecular weight excluding hydrogens is 210 g/mol. The quantitative estimate of drug-likeness (QED) is 0.848. The lowest BCUT2D eigenvalue weighted by Crippen LogP contribution is -2.15. The van der Waals surface area contributed by atoms with Gasteiger partial charge in [0.25, 0.3) is 0 Å². The molecule has 92 valence electrons. The molecule has 2 N–H and O–H groups in total. The molecule has 2 heteroatoms. The summed E-state index contributed by atoms with van der Waals surface area (Å²) in [6.07, 6.45) is 0. The molecule has 0 aliphatic heterocycles. The van der Waals surface area contributed by atoms with Crippen molar-refractivity contribution >= 4 is 11.0 Å². The Morgan fingerprint density at radius 3 is 2.29 bits per heavy atom. The summed E-state index contributed by atoms with van der Waals surface area (Å²) in [4.78, 5) is 0. The summed E-state index contributed by atoms with van der Waals surface area (Å²) in [5.74, 6) is 1.28. The summed E-state index contributed by atoms with van der Waals surface area (Å²) in [7, 11) is 0. The highest BCUT2D eigenvalue weighted by Gasteiger charge is 2.17. The van der Waals surface area contributed by atoms with E-state index in [4.69, 9.17) is 10.2 Å². The number of furan rings is 1. The van der Waals surface area contributed by atoms with Gasteiger partial charge in [0, 0.05) is 5.39 Å². The molecule has 1 heterocycles. The molecule has 2 aromatic rings. The van der Waals surface area contributed by atoms with E-state index in [9.17, 15) is 0 Å². The highest BCUT2D eigenvalue weighted by molar-refractivity contribution is 5.85. The average molecular weight is 231 g/mol. The van der Waals surface area contributed by atoms with Gasteiger partial charge in [-0.05, 0) is 49.4 Å². The van der Waals surface area contributed by atoms with Crippen molar-refractivity contribution in [2.24, 2.45) is 11.7 Å². The van der Waals surface area contributed by atoms with Gasteiger partial charge >= 0.3 is 0 Å². The van der Waals surface area contributed by atoms with Crippen molar-refractivity contribution in [3.8, 4) is 0 Å². The van der Waals surface area contributed by atoms with Crippen LogP contribution in [-0.4, -0.2) is 0 Å². The second kappa shape index (κ2) is 4.19. The highest BCUT2D eigenvalue weighted by Crippen LogP contribution is 2.32. The predicted octanol–water partition coefficient (Wildman–Crippen LogP) is 4.01. The van der Waals surface area contributed by atoms with Crippen LogP contribution in [0.1, 0.15) is 42.3 Å². The SMILES string of the molecule is Cc1cc(C)c2cc(C(N)C(C)C)oc2c1C. The first-order valence-electron chi connectivity index (χ1n) is 6.17. The van der Waals surface area contributed by atoms with E-state index in [1.807, 2.05) is 0 Å². The van der Waals surface area contributed by atoms with Gasteiger partial charge in [0.1, 0.15) is 11.3 Å². The van der Waals surface area contributed by atoms with Crippen molar-refractivity contribution in [2.45, 2.75) is 40.7 Å². The Kier molecular flexibility index (Phi) is 3.00. The molecule has 1 aromatic heterocycles. The van der Waals surface area contributed by atoms with Gasteiger partial charge in [0.2, 0.25) is 0 Å². The Labute approximate surface area is 103 Å². The maximum absolute atomic E-state index is 6.15. The van der Waals surface area contributed by atoms with Crippen LogP contribution in [0, 0.1) is 26.7 Å². The standard InChI is InChI=1S/C15H21NO/c1-8(2)14(16)13-7-12-10(4)6-9(3)11(5)15(12)17-13/h6-8,14H,16H2,1-5H3. The van der Waals surface area contributed by atoms with Gasteiger partial charge in [-0.25, -0.2) is 0 Å². The fraction of sp³-hybridized carbons (Fsp3) is 0.467. The lowest BCUT2D eigenvalue weighted by Gasteiger charge is -2.11. The predicted molar refractivity (Wildman–Crippen MR) is 72.2 cm³/mol. The second-order valence-electron chi connectivity index (χ2n) is 5.30. The lowest BCUT2D eigenvalue weighted by atomic mass is 10.0. The van der Waals surface area contributed by atoms with Crippen molar-refractivity contribution in [3.05, 3.63) is 34.6 Å². The highest BCUT2D eigenvalue weighted by atomic mass is 16.3. The molecule has 2 rings (SSSR count). The monoisotopic (exact) mass is 231 g/mol. The van der Waals surface area contributed by atoms with E-state index in [0.29, 0.717) is 5.92 Å². The lowest BCUT2D eigenvalue weighted by molar-refractivity contribution is 0.418. The third-order valence-electron chi connectivity index (χ3n) is 3.59. The smallest absolute Gasteiger partial charge is 0.137 e. The molecule has 2 nitrogen and oxygen atoms in total. The van der Waals surface area contributed by atoms with Gasteiger partial charge < -0.3 is 10.2 Å². The van der Waals surface area contributed by atoms with E-state index in [-0.39, 0.29) is 6.04 Å². The van der Waals surface area contributed by atoms with Crippen LogP contribution < -0.4 is 5.73 Å². The number of rotatable bonds is 2. The molecule has 0 saturated carbocycles. The van der Waals surface area contributed by atoms with E-state index < -0.39 is 0 Å². The first-order valence-corrected chi connectivity index (χ1v) is 6.17. The maximum Gasteiger partial charge on any atom is 0.137 e. The molecule has 17 heavy (non-hydrogen) atoms. The fourth-order valence-electron chi connectivity index (χ4n) is 2.16. The summed E-state index contributed by atoms with van der Waals surface area (Å²) in [6.45, 7) is 10.6. The molecule has 0 spiro atoms. The van der Waals surface area contributed by atoms with Gasteiger partial charge in [-0.15, -0.1) is 0 Å². The Bertz CT molecular complexity index is 552. The second-order valence-corrected chi connectivity index (χ2v) is 5.30. The summed E-state index contributed by atoms with van der Waals surface area (Å²) < 4.78 is 5.96. The summed E-state index contributed by atoms with van der Waals surface area (Å²) >= 11 is 0. The van der Waals surface area contributed by atoms with Crippen LogP contribution in [0.25, 0.3) is 11.0 Å². The summed E-state index contributed by atoms with van der Waals surface area (Å²) in [5, 5.41) is 1.19. The van der Waals surface area contributed by atoms with Crippen LogP contribution in [0.4, 0.5) is 0 Å². The first kappa shape index (κ1) is 12.2. The Morgan fingerprint density at radius 2 is 1.71 bits per heavy atom. The van der Waals surface area contributed by atoms with Crippen molar-refractivity contribution in [1.82, 2.24) is 0 Å². The van der Waals surface area contributed by atoms with Crippen LogP contribution in [0.3, 0.4) is 0 Å². The van der Waals surface area contributed by atoms with E-state index in [1.54, 1.807) is 0 Å². The Morgan fingerprint density at radius 1 is 1.06 bits per heavy atom. The zero-order valence-corrected chi connectivity index (χ0v) is 11.3. The first-order chi connectivity index (χ1) is 7.91. The van der Waals surface area contributed by atoms with Crippen LogP contribution in [0.5, 0.6) is 0 Å². The van der Waals surface area contributed by atoms with Crippen molar-refractivity contribution in [3.63, 3.8) is 0 Å². The number of aryl methyl sites for hydroxylation is 3. The van der Waals surface area contributed by atoms with Crippen LogP contribution in [0.2, 0.25) is 0 Å². The molecule has 1 atom stereocenters. The number of benzene rings is 1. The molecule has 0 radical (unpaired) electrons.